The molecule has 3 nitrogen and oxygen atoms in total. The van der Waals surface area contributed by atoms with E-state index in [0.717, 1.165) is 24.4 Å². The van der Waals surface area contributed by atoms with Crippen molar-refractivity contribution >= 4 is 35.8 Å². The Bertz CT molecular complexity index is 415. The van der Waals surface area contributed by atoms with E-state index in [9.17, 15) is 4.79 Å². The smallest absolute Gasteiger partial charge is 0.241 e. The van der Waals surface area contributed by atoms with E-state index in [0.29, 0.717) is 0 Å². The summed E-state index contributed by atoms with van der Waals surface area (Å²) in [4.78, 5) is 14.3. The van der Waals surface area contributed by atoms with Crippen molar-refractivity contribution in [2.24, 2.45) is 0 Å². The third kappa shape index (κ3) is 5.73. The van der Waals surface area contributed by atoms with Crippen LogP contribution in [0, 0.1) is 0 Å². The Balaban J connectivity index is 0.00000361. The third-order valence-corrected chi connectivity index (χ3v) is 3.94. The summed E-state index contributed by atoms with van der Waals surface area (Å²) >= 11 is 1.80. The number of carbonyl (C=O) groups excluding carboxylic acids is 1. The van der Waals surface area contributed by atoms with Crippen LogP contribution in [0.3, 0.4) is 0 Å². The summed E-state index contributed by atoms with van der Waals surface area (Å²) in [5.41, 5.74) is 2.11. The number of nitrogens with zero attached hydrogens (tertiary/aromatic N) is 1. The van der Waals surface area contributed by atoms with Gasteiger partial charge in [0.2, 0.25) is 5.91 Å². The van der Waals surface area contributed by atoms with Gasteiger partial charge in [0.1, 0.15) is 0 Å². The molecule has 1 aromatic carbocycles. The second kappa shape index (κ2) is 10.1. The highest BCUT2D eigenvalue weighted by Gasteiger charge is 2.18. The molecule has 0 fully saturated rings. The number of nitrogens with one attached hydrogen (secondary N) is 1. The summed E-state index contributed by atoms with van der Waals surface area (Å²) in [5.74, 6) is 1.10. The Morgan fingerprint density at radius 2 is 2.05 bits per heavy atom. The molecule has 0 saturated carbocycles. The first-order chi connectivity index (χ1) is 9.10. The van der Waals surface area contributed by atoms with E-state index in [1.165, 1.54) is 5.56 Å². The highest BCUT2D eigenvalue weighted by atomic mass is 35.5. The number of hydrogen-bond donors (Lipinski definition) is 1. The van der Waals surface area contributed by atoms with Crippen molar-refractivity contribution in [2.45, 2.75) is 26.3 Å². The molecule has 0 aliphatic heterocycles. The first-order valence-electron chi connectivity index (χ1n) is 6.68. The van der Waals surface area contributed by atoms with Gasteiger partial charge in [-0.2, -0.15) is 11.8 Å². The van der Waals surface area contributed by atoms with Gasteiger partial charge in [-0.05, 0) is 38.3 Å². The molecule has 0 bridgehead atoms. The Morgan fingerprint density at radius 3 is 2.65 bits per heavy atom. The zero-order valence-corrected chi connectivity index (χ0v) is 14.3. The summed E-state index contributed by atoms with van der Waals surface area (Å²) in [5, 5.41) is 3.03. The predicted molar refractivity (Wildman–Crippen MR) is 92.2 cm³/mol. The number of anilines is 1. The Hall–Kier alpha value is -0.710. The number of aryl methyl sites for hydroxylation is 1. The summed E-state index contributed by atoms with van der Waals surface area (Å²) in [6.07, 6.45) is 3.00. The fourth-order valence-electron chi connectivity index (χ4n) is 1.82. The third-order valence-electron chi connectivity index (χ3n) is 3.34. The van der Waals surface area contributed by atoms with Crippen molar-refractivity contribution < 1.29 is 4.79 Å². The predicted octanol–water partition coefficient (Wildman–Crippen LogP) is 3.29. The number of likely N-dealkylation sites (N-methyl/N-ethyl adjacent to an activating group) is 1. The van der Waals surface area contributed by atoms with Gasteiger partial charge in [-0.1, -0.05) is 25.1 Å². The maximum Gasteiger partial charge on any atom is 0.241 e. The van der Waals surface area contributed by atoms with E-state index < -0.39 is 0 Å². The number of rotatable bonds is 7. The topological polar surface area (TPSA) is 32.3 Å². The number of carbonyl (C=O) groups is 1. The lowest BCUT2D eigenvalue weighted by Gasteiger charge is -2.24. The molecule has 5 heteroatoms. The van der Waals surface area contributed by atoms with E-state index in [1.54, 1.807) is 11.8 Å². The molecule has 1 unspecified atom stereocenters. The number of amides is 1. The van der Waals surface area contributed by atoms with Gasteiger partial charge in [0.05, 0.1) is 6.04 Å². The van der Waals surface area contributed by atoms with Crippen LogP contribution in [0.4, 0.5) is 5.69 Å². The normalized spacial score (nSPS) is 11.8. The summed E-state index contributed by atoms with van der Waals surface area (Å²) < 4.78 is 0. The molecule has 0 radical (unpaired) electrons. The van der Waals surface area contributed by atoms with Crippen molar-refractivity contribution in [3.63, 3.8) is 0 Å². The van der Waals surface area contributed by atoms with Gasteiger partial charge in [0.15, 0.2) is 0 Å². The minimum atomic E-state index is -0.114. The molecule has 0 saturated heterocycles. The van der Waals surface area contributed by atoms with Crippen LogP contribution in [0.2, 0.25) is 0 Å². The Morgan fingerprint density at radius 1 is 1.40 bits per heavy atom. The molecule has 0 aliphatic carbocycles. The molecule has 0 aliphatic rings. The van der Waals surface area contributed by atoms with Crippen LogP contribution in [0.15, 0.2) is 24.3 Å². The van der Waals surface area contributed by atoms with Gasteiger partial charge >= 0.3 is 0 Å². The van der Waals surface area contributed by atoms with Crippen molar-refractivity contribution in [3.05, 3.63) is 29.8 Å². The van der Waals surface area contributed by atoms with Crippen LogP contribution in [0.5, 0.6) is 0 Å². The van der Waals surface area contributed by atoms with Crippen molar-refractivity contribution in [1.82, 2.24) is 4.90 Å². The highest BCUT2D eigenvalue weighted by Crippen LogP contribution is 2.16. The number of hydrogen-bond acceptors (Lipinski definition) is 3. The fourth-order valence-corrected chi connectivity index (χ4v) is 2.29. The number of benzene rings is 1. The minimum Gasteiger partial charge on any atom is -0.324 e. The standard InChI is InChI=1S/C15H24N2OS.ClH/c1-5-13-8-6-7-9-14(13)16-15(18)12(2)17(3)10-11-19-4;/h6-9,12H,5,10-11H2,1-4H3,(H,16,18);1H. The van der Waals surface area contributed by atoms with Gasteiger partial charge in [-0.3, -0.25) is 9.69 Å². The summed E-state index contributed by atoms with van der Waals surface area (Å²) in [6.45, 7) is 4.97. The van der Waals surface area contributed by atoms with Crippen LogP contribution in [0.1, 0.15) is 19.4 Å². The van der Waals surface area contributed by atoms with Gasteiger partial charge in [0, 0.05) is 18.0 Å². The Kier molecular flexibility index (Phi) is 9.72. The molecule has 1 aromatic rings. The zero-order valence-electron chi connectivity index (χ0n) is 12.7. The first-order valence-corrected chi connectivity index (χ1v) is 8.07. The van der Waals surface area contributed by atoms with Gasteiger partial charge < -0.3 is 5.32 Å². The van der Waals surface area contributed by atoms with E-state index in [-0.39, 0.29) is 24.4 Å². The maximum atomic E-state index is 12.2. The number of thioether (sulfide) groups is 1. The summed E-state index contributed by atoms with van der Waals surface area (Å²) in [6, 6.07) is 7.86. The lowest BCUT2D eigenvalue weighted by Crippen LogP contribution is -2.40. The fraction of sp³-hybridized carbons (Fsp3) is 0.533. The molecule has 0 aromatic heterocycles. The number of para-hydroxylation sites is 1. The number of halogens is 1. The molecule has 0 spiro atoms. The lowest BCUT2D eigenvalue weighted by molar-refractivity contribution is -0.120. The second-order valence-electron chi connectivity index (χ2n) is 4.65. The average Bonchev–Trinajstić information content (AvgIpc) is 2.44. The molecule has 20 heavy (non-hydrogen) atoms. The highest BCUT2D eigenvalue weighted by molar-refractivity contribution is 7.98. The van der Waals surface area contributed by atoms with E-state index in [4.69, 9.17) is 0 Å². The molecular weight excluding hydrogens is 292 g/mol. The molecule has 1 rings (SSSR count). The van der Waals surface area contributed by atoms with Crippen LogP contribution in [-0.4, -0.2) is 42.4 Å². The van der Waals surface area contributed by atoms with Gasteiger partial charge in [0.25, 0.3) is 0 Å². The van der Waals surface area contributed by atoms with Crippen molar-refractivity contribution in [2.75, 3.05) is 30.9 Å². The van der Waals surface area contributed by atoms with E-state index in [2.05, 4.69) is 29.5 Å². The van der Waals surface area contributed by atoms with Crippen molar-refractivity contribution in [3.8, 4) is 0 Å². The van der Waals surface area contributed by atoms with Crippen LogP contribution < -0.4 is 5.32 Å². The SMILES string of the molecule is CCc1ccccc1NC(=O)C(C)N(C)CCSC.Cl. The molecule has 1 amide bonds. The lowest BCUT2D eigenvalue weighted by atomic mass is 10.1. The Labute approximate surface area is 132 Å². The molecular formula is C15H25ClN2OS. The van der Waals surface area contributed by atoms with E-state index >= 15 is 0 Å². The van der Waals surface area contributed by atoms with Gasteiger partial charge in [-0.25, -0.2) is 0 Å². The summed E-state index contributed by atoms with van der Waals surface area (Å²) in [7, 11) is 1.99. The van der Waals surface area contributed by atoms with Crippen LogP contribution in [0.25, 0.3) is 0 Å². The van der Waals surface area contributed by atoms with Gasteiger partial charge in [-0.15, -0.1) is 12.4 Å². The molecule has 1 N–H and O–H groups in total. The van der Waals surface area contributed by atoms with Crippen LogP contribution in [-0.2, 0) is 11.2 Å². The minimum absolute atomic E-state index is 0. The van der Waals surface area contributed by atoms with E-state index in [1.807, 2.05) is 32.2 Å². The van der Waals surface area contributed by atoms with Crippen molar-refractivity contribution in [1.29, 1.82) is 0 Å². The second-order valence-corrected chi connectivity index (χ2v) is 5.63. The largest absolute Gasteiger partial charge is 0.324 e. The first kappa shape index (κ1) is 19.3. The monoisotopic (exact) mass is 316 g/mol. The quantitative estimate of drug-likeness (QED) is 0.837. The van der Waals surface area contributed by atoms with Crippen LogP contribution >= 0.6 is 24.2 Å². The maximum absolute atomic E-state index is 12.2. The average molecular weight is 317 g/mol. The molecule has 1 atom stereocenters. The zero-order chi connectivity index (χ0) is 14.3. The molecule has 114 valence electrons. The molecule has 0 heterocycles.